The van der Waals surface area contributed by atoms with Gasteiger partial charge in [0.1, 0.15) is 0 Å². The van der Waals surface area contributed by atoms with Crippen molar-refractivity contribution in [1.82, 2.24) is 5.32 Å². The van der Waals surface area contributed by atoms with E-state index in [0.29, 0.717) is 22.2 Å². The van der Waals surface area contributed by atoms with Gasteiger partial charge in [0.05, 0.1) is 9.77 Å². The number of carbonyl (C=O) groups excluding carboxylic acids is 1. The molecule has 2 atom stereocenters. The predicted molar refractivity (Wildman–Crippen MR) is 85.6 cm³/mol. The number of hydrogen-bond acceptors (Lipinski definition) is 4. The van der Waals surface area contributed by atoms with Crippen molar-refractivity contribution in [3.8, 4) is 0 Å². The molecular formula is C14H20ClNO3S2. The molecule has 0 aliphatic heterocycles. The Morgan fingerprint density at radius 3 is 2.76 bits per heavy atom. The molecule has 0 radical (unpaired) electrons. The van der Waals surface area contributed by atoms with E-state index < -0.39 is 9.05 Å². The minimum absolute atomic E-state index is 0.0330. The molecule has 0 saturated heterocycles. The van der Waals surface area contributed by atoms with Gasteiger partial charge in [-0.05, 0) is 37.7 Å². The van der Waals surface area contributed by atoms with E-state index >= 15 is 0 Å². The van der Waals surface area contributed by atoms with Gasteiger partial charge >= 0.3 is 0 Å². The second-order valence-corrected chi connectivity index (χ2v) is 9.61. The van der Waals surface area contributed by atoms with Crippen LogP contribution in [0.1, 0.15) is 47.2 Å². The first kappa shape index (κ1) is 16.8. The maximum atomic E-state index is 12.1. The van der Waals surface area contributed by atoms with Gasteiger partial charge in [0.2, 0.25) is 0 Å². The van der Waals surface area contributed by atoms with E-state index in [9.17, 15) is 13.2 Å². The van der Waals surface area contributed by atoms with Gasteiger partial charge in [-0.3, -0.25) is 4.79 Å². The smallest absolute Gasteiger partial charge is 0.262 e. The lowest BCUT2D eigenvalue weighted by Crippen LogP contribution is -2.31. The second-order valence-electron chi connectivity index (χ2n) is 5.82. The number of nitrogens with one attached hydrogen (secondary N) is 1. The third kappa shape index (κ3) is 4.44. The summed E-state index contributed by atoms with van der Waals surface area (Å²) in [6.45, 7) is 4.55. The molecule has 0 bridgehead atoms. The highest BCUT2D eigenvalue weighted by Crippen LogP contribution is 2.29. The number of rotatable bonds is 4. The molecule has 1 N–H and O–H groups in total. The van der Waals surface area contributed by atoms with Crippen molar-refractivity contribution in [2.45, 2.75) is 44.4 Å². The Kier molecular flexibility index (Phi) is 5.33. The molecule has 2 rings (SSSR count). The summed E-state index contributed by atoms with van der Waals surface area (Å²) in [6.07, 6.45) is 4.78. The monoisotopic (exact) mass is 349 g/mol. The molecule has 0 aromatic carbocycles. The fourth-order valence-electron chi connectivity index (χ4n) is 2.89. The van der Waals surface area contributed by atoms with Crippen LogP contribution < -0.4 is 5.32 Å². The number of halogens is 1. The van der Waals surface area contributed by atoms with Crippen LogP contribution >= 0.6 is 22.0 Å². The molecular weight excluding hydrogens is 330 g/mol. The summed E-state index contributed by atoms with van der Waals surface area (Å²) in [5.74, 6) is 1.03. The molecule has 1 aromatic heterocycles. The molecule has 21 heavy (non-hydrogen) atoms. The fraction of sp³-hybridized carbons (Fsp3) is 0.643. The summed E-state index contributed by atoms with van der Waals surface area (Å²) in [4.78, 5) is 13.1. The average molecular weight is 350 g/mol. The molecule has 0 spiro atoms. The molecule has 1 aromatic rings. The van der Waals surface area contributed by atoms with Crippen LogP contribution in [0.2, 0.25) is 0 Å². The van der Waals surface area contributed by atoms with Gasteiger partial charge in [0, 0.05) is 22.1 Å². The molecule has 1 aliphatic carbocycles. The number of hydrogen-bond donors (Lipinski definition) is 1. The van der Waals surface area contributed by atoms with Gasteiger partial charge in [0.25, 0.3) is 15.0 Å². The van der Waals surface area contributed by atoms with Crippen LogP contribution in [0.3, 0.4) is 0 Å². The predicted octanol–water partition coefficient (Wildman–Crippen LogP) is 3.54. The maximum absolute atomic E-state index is 12.1. The zero-order valence-corrected chi connectivity index (χ0v) is 14.6. The molecule has 1 aliphatic rings. The van der Waals surface area contributed by atoms with E-state index in [-0.39, 0.29) is 10.8 Å². The molecule has 1 saturated carbocycles. The van der Waals surface area contributed by atoms with Crippen LogP contribution in [0.15, 0.2) is 11.0 Å². The van der Waals surface area contributed by atoms with Gasteiger partial charge in [-0.15, -0.1) is 11.3 Å². The topological polar surface area (TPSA) is 63.2 Å². The van der Waals surface area contributed by atoms with E-state index in [0.717, 1.165) is 30.1 Å². The Morgan fingerprint density at radius 1 is 1.48 bits per heavy atom. The Balaban J connectivity index is 1.98. The zero-order chi connectivity index (χ0) is 15.6. The minimum Gasteiger partial charge on any atom is -0.351 e. The van der Waals surface area contributed by atoms with Crippen LogP contribution in [0.5, 0.6) is 0 Å². The quantitative estimate of drug-likeness (QED) is 0.845. The Labute approximate surface area is 134 Å². The highest BCUT2D eigenvalue weighted by atomic mass is 35.7. The molecule has 1 amide bonds. The van der Waals surface area contributed by atoms with Crippen molar-refractivity contribution < 1.29 is 13.2 Å². The van der Waals surface area contributed by atoms with Crippen molar-refractivity contribution in [1.29, 1.82) is 0 Å². The molecule has 118 valence electrons. The van der Waals surface area contributed by atoms with E-state index in [1.54, 1.807) is 6.92 Å². The molecule has 7 heteroatoms. The van der Waals surface area contributed by atoms with Crippen molar-refractivity contribution in [2.24, 2.45) is 11.8 Å². The second kappa shape index (κ2) is 6.67. The fourth-order valence-corrected chi connectivity index (χ4v) is 5.47. The number of amides is 1. The van der Waals surface area contributed by atoms with Crippen molar-refractivity contribution in [2.75, 3.05) is 6.54 Å². The van der Waals surface area contributed by atoms with Gasteiger partial charge in [-0.25, -0.2) is 8.42 Å². The standard InChI is InChI=1S/C14H20ClNO3S2/c1-9-4-3-5-11(6-9)8-16-14(17)12-7-13(10(2)20-12)21(15,18)19/h7,9,11H,3-6,8H2,1-2H3,(H,16,17). The van der Waals surface area contributed by atoms with Crippen LogP contribution in [0.4, 0.5) is 0 Å². The third-order valence-electron chi connectivity index (χ3n) is 3.95. The van der Waals surface area contributed by atoms with Gasteiger partial charge in [-0.2, -0.15) is 0 Å². The van der Waals surface area contributed by atoms with Crippen LogP contribution in [0, 0.1) is 18.8 Å². The summed E-state index contributed by atoms with van der Waals surface area (Å²) in [5, 5.41) is 2.91. The van der Waals surface area contributed by atoms with Crippen LogP contribution in [-0.2, 0) is 9.05 Å². The molecule has 4 nitrogen and oxygen atoms in total. The lowest BCUT2D eigenvalue weighted by molar-refractivity contribution is 0.0944. The first-order chi connectivity index (χ1) is 9.77. The number of aryl methyl sites for hydroxylation is 1. The molecule has 1 fully saturated rings. The third-order valence-corrected chi connectivity index (χ3v) is 6.58. The Hall–Kier alpha value is -0.590. The summed E-state index contributed by atoms with van der Waals surface area (Å²) in [5.41, 5.74) is 0. The van der Waals surface area contributed by atoms with Gasteiger partial charge in [-0.1, -0.05) is 19.8 Å². The summed E-state index contributed by atoms with van der Waals surface area (Å²) >= 11 is 1.16. The van der Waals surface area contributed by atoms with Crippen molar-refractivity contribution in [3.05, 3.63) is 15.8 Å². The SMILES string of the molecule is Cc1sc(C(=O)NCC2CCCC(C)C2)cc1S(=O)(=O)Cl. The van der Waals surface area contributed by atoms with E-state index in [1.807, 2.05) is 0 Å². The highest BCUT2D eigenvalue weighted by molar-refractivity contribution is 8.13. The van der Waals surface area contributed by atoms with E-state index in [1.165, 1.54) is 18.9 Å². The first-order valence-electron chi connectivity index (χ1n) is 7.10. The van der Waals surface area contributed by atoms with E-state index in [4.69, 9.17) is 10.7 Å². The van der Waals surface area contributed by atoms with E-state index in [2.05, 4.69) is 12.2 Å². The van der Waals surface area contributed by atoms with Crippen molar-refractivity contribution in [3.63, 3.8) is 0 Å². The van der Waals surface area contributed by atoms with Gasteiger partial charge < -0.3 is 5.32 Å². The van der Waals surface area contributed by atoms with Gasteiger partial charge in [0.15, 0.2) is 0 Å². The van der Waals surface area contributed by atoms with Crippen LogP contribution in [-0.4, -0.2) is 20.9 Å². The molecule has 1 heterocycles. The normalized spacial score (nSPS) is 23.0. The maximum Gasteiger partial charge on any atom is 0.262 e. The first-order valence-corrected chi connectivity index (χ1v) is 10.2. The highest BCUT2D eigenvalue weighted by Gasteiger charge is 2.22. The number of thiophene rings is 1. The Bertz CT molecular complexity index is 624. The summed E-state index contributed by atoms with van der Waals surface area (Å²) < 4.78 is 22.7. The molecule has 2 unspecified atom stereocenters. The minimum atomic E-state index is -3.79. The lowest BCUT2D eigenvalue weighted by Gasteiger charge is -2.26. The zero-order valence-electron chi connectivity index (χ0n) is 12.2. The summed E-state index contributed by atoms with van der Waals surface area (Å²) in [7, 11) is 1.56. The Morgan fingerprint density at radius 2 is 2.19 bits per heavy atom. The van der Waals surface area contributed by atoms with Crippen LogP contribution in [0.25, 0.3) is 0 Å². The lowest BCUT2D eigenvalue weighted by atomic mass is 9.82. The van der Waals surface area contributed by atoms with Crippen molar-refractivity contribution >= 4 is 37.0 Å². The largest absolute Gasteiger partial charge is 0.351 e. The average Bonchev–Trinajstić information content (AvgIpc) is 2.78. The summed E-state index contributed by atoms with van der Waals surface area (Å²) in [6, 6.07) is 1.36. The number of carbonyl (C=O) groups is 1.